The quantitative estimate of drug-likeness (QED) is 0.807. The van der Waals surface area contributed by atoms with Crippen LogP contribution in [-0.4, -0.2) is 13.7 Å². The van der Waals surface area contributed by atoms with Gasteiger partial charge in [-0.1, -0.05) is 11.6 Å². The van der Waals surface area contributed by atoms with Crippen LogP contribution in [0.4, 0.5) is 4.39 Å². The summed E-state index contributed by atoms with van der Waals surface area (Å²) in [5.41, 5.74) is 11.2. The lowest BCUT2D eigenvalue weighted by atomic mass is 10.1. The van der Waals surface area contributed by atoms with Crippen molar-refractivity contribution < 1.29 is 9.13 Å². The highest BCUT2D eigenvalue weighted by Gasteiger charge is 2.13. The molecule has 0 aliphatic heterocycles. The Morgan fingerprint density at radius 2 is 2.21 bits per heavy atom. The van der Waals surface area contributed by atoms with Crippen molar-refractivity contribution in [3.05, 3.63) is 28.5 Å². The minimum absolute atomic E-state index is 0.166. The van der Waals surface area contributed by atoms with Crippen molar-refractivity contribution in [3.63, 3.8) is 0 Å². The summed E-state index contributed by atoms with van der Waals surface area (Å²) in [4.78, 5) is 0. The van der Waals surface area contributed by atoms with Crippen molar-refractivity contribution in [3.8, 4) is 5.75 Å². The lowest BCUT2D eigenvalue weighted by molar-refractivity contribution is 0.410. The van der Waals surface area contributed by atoms with E-state index in [1.54, 1.807) is 0 Å². The number of methoxy groups -OCH3 is 1. The molecule has 1 unspecified atom stereocenters. The summed E-state index contributed by atoms with van der Waals surface area (Å²) < 4.78 is 18.2. The number of hydrogen-bond donors (Lipinski definition) is 2. The van der Waals surface area contributed by atoms with E-state index in [-0.39, 0.29) is 12.3 Å². The molecular formula is C9H12ClFN2O. The van der Waals surface area contributed by atoms with Gasteiger partial charge in [-0.25, -0.2) is 4.39 Å². The number of benzene rings is 1. The Bertz CT molecular complexity index is 333. The predicted molar refractivity (Wildman–Crippen MR) is 53.9 cm³/mol. The standard InChI is InChI=1S/C9H12ClFN2O/c1-14-9-3-7(11)5(2-6(9)10)8(13)4-12/h2-3,8H,4,12-13H2,1H3. The van der Waals surface area contributed by atoms with E-state index in [1.165, 1.54) is 19.2 Å². The fourth-order valence-electron chi connectivity index (χ4n) is 1.11. The SMILES string of the molecule is COc1cc(F)c(C(N)CN)cc1Cl. The van der Waals surface area contributed by atoms with E-state index >= 15 is 0 Å². The van der Waals surface area contributed by atoms with Crippen LogP contribution in [0.1, 0.15) is 11.6 Å². The number of nitrogens with two attached hydrogens (primary N) is 2. The molecule has 0 radical (unpaired) electrons. The first-order valence-corrected chi connectivity index (χ1v) is 4.46. The van der Waals surface area contributed by atoms with E-state index in [4.69, 9.17) is 27.8 Å². The van der Waals surface area contributed by atoms with Crippen molar-refractivity contribution in [1.29, 1.82) is 0 Å². The first-order valence-electron chi connectivity index (χ1n) is 4.08. The van der Waals surface area contributed by atoms with Crippen molar-refractivity contribution >= 4 is 11.6 Å². The smallest absolute Gasteiger partial charge is 0.140 e. The van der Waals surface area contributed by atoms with E-state index in [2.05, 4.69) is 0 Å². The second-order valence-electron chi connectivity index (χ2n) is 2.85. The molecule has 0 spiro atoms. The van der Waals surface area contributed by atoms with Gasteiger partial charge in [-0.3, -0.25) is 0 Å². The molecule has 0 fully saturated rings. The molecular weight excluding hydrogens is 207 g/mol. The molecule has 1 aromatic rings. The summed E-state index contributed by atoms with van der Waals surface area (Å²) >= 11 is 5.81. The van der Waals surface area contributed by atoms with Crippen LogP contribution in [-0.2, 0) is 0 Å². The minimum atomic E-state index is -0.543. The normalized spacial score (nSPS) is 12.6. The zero-order valence-corrected chi connectivity index (χ0v) is 8.51. The van der Waals surface area contributed by atoms with Crippen LogP contribution in [0.15, 0.2) is 12.1 Å². The monoisotopic (exact) mass is 218 g/mol. The Morgan fingerprint density at radius 3 is 2.71 bits per heavy atom. The Morgan fingerprint density at radius 1 is 1.57 bits per heavy atom. The number of rotatable bonds is 3. The third-order valence-corrected chi connectivity index (χ3v) is 2.22. The molecule has 1 aromatic carbocycles. The van der Waals surface area contributed by atoms with Gasteiger partial charge in [0.05, 0.1) is 12.1 Å². The van der Waals surface area contributed by atoms with Gasteiger partial charge in [-0.15, -0.1) is 0 Å². The van der Waals surface area contributed by atoms with Crippen molar-refractivity contribution in [2.75, 3.05) is 13.7 Å². The Balaban J connectivity index is 3.14. The summed E-state index contributed by atoms with van der Waals surface area (Å²) in [5, 5.41) is 0.327. The third-order valence-electron chi connectivity index (χ3n) is 1.92. The fraction of sp³-hybridized carbons (Fsp3) is 0.333. The molecule has 0 aliphatic carbocycles. The van der Waals surface area contributed by atoms with Crippen LogP contribution in [0.3, 0.4) is 0 Å². The molecule has 14 heavy (non-hydrogen) atoms. The summed E-state index contributed by atoms with van der Waals surface area (Å²) in [7, 11) is 1.42. The lowest BCUT2D eigenvalue weighted by Gasteiger charge is -2.12. The van der Waals surface area contributed by atoms with E-state index in [9.17, 15) is 4.39 Å². The second-order valence-corrected chi connectivity index (χ2v) is 3.26. The van der Waals surface area contributed by atoms with E-state index in [0.717, 1.165) is 0 Å². The van der Waals surface area contributed by atoms with Crippen molar-refractivity contribution in [2.24, 2.45) is 11.5 Å². The number of ether oxygens (including phenoxy) is 1. The first kappa shape index (κ1) is 11.2. The third kappa shape index (κ3) is 2.15. The fourth-order valence-corrected chi connectivity index (χ4v) is 1.36. The Hall–Kier alpha value is -0.840. The van der Waals surface area contributed by atoms with Crippen LogP contribution in [0, 0.1) is 5.82 Å². The second kappa shape index (κ2) is 4.59. The molecule has 0 amide bonds. The summed E-state index contributed by atoms with van der Waals surface area (Å²) in [6.07, 6.45) is 0. The Labute approximate surface area is 86.8 Å². The minimum Gasteiger partial charge on any atom is -0.495 e. The summed E-state index contributed by atoms with van der Waals surface area (Å²) in [5.74, 6) is -0.165. The van der Waals surface area contributed by atoms with Gasteiger partial charge in [0.15, 0.2) is 0 Å². The maximum Gasteiger partial charge on any atom is 0.140 e. The number of hydrogen-bond acceptors (Lipinski definition) is 3. The van der Waals surface area contributed by atoms with Gasteiger partial charge in [0.2, 0.25) is 0 Å². The molecule has 78 valence electrons. The van der Waals surface area contributed by atoms with E-state index < -0.39 is 11.9 Å². The van der Waals surface area contributed by atoms with Crippen LogP contribution >= 0.6 is 11.6 Å². The van der Waals surface area contributed by atoms with Gasteiger partial charge in [0.25, 0.3) is 0 Å². The van der Waals surface area contributed by atoms with Crippen molar-refractivity contribution in [2.45, 2.75) is 6.04 Å². The molecule has 0 aromatic heterocycles. The van der Waals surface area contributed by atoms with Crippen LogP contribution < -0.4 is 16.2 Å². The molecule has 5 heteroatoms. The molecule has 0 bridgehead atoms. The highest BCUT2D eigenvalue weighted by Crippen LogP contribution is 2.29. The topological polar surface area (TPSA) is 61.3 Å². The van der Waals surface area contributed by atoms with Gasteiger partial charge in [0, 0.05) is 24.2 Å². The Kier molecular flexibility index (Phi) is 3.69. The number of halogens is 2. The lowest BCUT2D eigenvalue weighted by Crippen LogP contribution is -2.21. The van der Waals surface area contributed by atoms with Gasteiger partial charge in [0.1, 0.15) is 11.6 Å². The van der Waals surface area contributed by atoms with Crippen LogP contribution in [0.25, 0.3) is 0 Å². The molecule has 0 heterocycles. The zero-order valence-electron chi connectivity index (χ0n) is 7.76. The maximum absolute atomic E-state index is 13.4. The van der Waals surface area contributed by atoms with Crippen molar-refractivity contribution in [1.82, 2.24) is 0 Å². The average Bonchev–Trinajstić information content (AvgIpc) is 2.19. The highest BCUT2D eigenvalue weighted by atomic mass is 35.5. The van der Waals surface area contributed by atoms with Gasteiger partial charge < -0.3 is 16.2 Å². The van der Waals surface area contributed by atoms with Crippen LogP contribution in [0.5, 0.6) is 5.75 Å². The summed E-state index contributed by atoms with van der Waals surface area (Å²) in [6, 6.07) is 2.10. The molecule has 1 atom stereocenters. The maximum atomic E-state index is 13.4. The molecule has 0 aliphatic rings. The summed E-state index contributed by atoms with van der Waals surface area (Å²) in [6.45, 7) is 0.166. The van der Waals surface area contributed by atoms with E-state index in [0.29, 0.717) is 10.6 Å². The van der Waals surface area contributed by atoms with E-state index in [1.807, 2.05) is 0 Å². The van der Waals surface area contributed by atoms with Gasteiger partial charge >= 0.3 is 0 Å². The van der Waals surface area contributed by atoms with Gasteiger partial charge in [-0.2, -0.15) is 0 Å². The molecule has 0 saturated carbocycles. The average molecular weight is 219 g/mol. The van der Waals surface area contributed by atoms with Gasteiger partial charge in [-0.05, 0) is 6.07 Å². The largest absolute Gasteiger partial charge is 0.495 e. The molecule has 3 nitrogen and oxygen atoms in total. The first-order chi connectivity index (χ1) is 6.60. The predicted octanol–water partition coefficient (Wildman–Crippen LogP) is 1.45. The van der Waals surface area contributed by atoms with Crippen LogP contribution in [0.2, 0.25) is 5.02 Å². The highest BCUT2D eigenvalue weighted by molar-refractivity contribution is 6.32. The zero-order chi connectivity index (χ0) is 10.7. The molecule has 4 N–H and O–H groups in total. The molecule has 0 saturated heterocycles. The molecule has 1 rings (SSSR count).